The molecule has 1 atom stereocenters. The first-order chi connectivity index (χ1) is 11.5. The highest BCUT2D eigenvalue weighted by Gasteiger charge is 2.26. The summed E-state index contributed by atoms with van der Waals surface area (Å²) in [5.41, 5.74) is 3.28. The van der Waals surface area contributed by atoms with Crippen LogP contribution in [0.15, 0.2) is 18.2 Å². The van der Waals surface area contributed by atoms with Crippen LogP contribution in [0.25, 0.3) is 0 Å². The molecule has 0 bridgehead atoms. The second kappa shape index (κ2) is 9.46. The lowest BCUT2D eigenvalue weighted by atomic mass is 9.75. The van der Waals surface area contributed by atoms with Crippen LogP contribution in [0.1, 0.15) is 36.0 Å². The molecule has 0 saturated carbocycles. The average Bonchev–Trinajstić information content (AvgIpc) is 2.55. The molecule has 1 unspecified atom stereocenters. The second-order valence-electron chi connectivity index (χ2n) is 6.44. The molecular formula is C17H27BN2O3S. The Morgan fingerprint density at radius 1 is 1.38 bits per heavy atom. The van der Waals surface area contributed by atoms with E-state index in [-0.39, 0.29) is 5.91 Å². The van der Waals surface area contributed by atoms with E-state index in [1.54, 1.807) is 11.9 Å². The van der Waals surface area contributed by atoms with E-state index in [1.165, 1.54) is 18.4 Å². The maximum atomic E-state index is 12.2. The van der Waals surface area contributed by atoms with E-state index in [4.69, 9.17) is 0 Å². The molecule has 1 saturated heterocycles. The Hall–Kier alpha value is -1.02. The van der Waals surface area contributed by atoms with Gasteiger partial charge in [-0.1, -0.05) is 35.7 Å². The van der Waals surface area contributed by atoms with Gasteiger partial charge in [0.1, 0.15) is 0 Å². The van der Waals surface area contributed by atoms with Crippen molar-refractivity contribution in [3.63, 3.8) is 0 Å². The minimum Gasteiger partial charge on any atom is -0.426 e. The minimum atomic E-state index is -1.57. The topological polar surface area (TPSA) is 72.8 Å². The van der Waals surface area contributed by atoms with Crippen LogP contribution >= 0.6 is 11.9 Å². The molecule has 24 heavy (non-hydrogen) atoms. The maximum Gasteiger partial charge on any atom is 0.475 e. The molecule has 1 aromatic rings. The van der Waals surface area contributed by atoms with E-state index >= 15 is 0 Å². The van der Waals surface area contributed by atoms with Crippen molar-refractivity contribution < 1.29 is 14.8 Å². The van der Waals surface area contributed by atoms with Crippen LogP contribution in [-0.2, 0) is 11.2 Å². The summed E-state index contributed by atoms with van der Waals surface area (Å²) in [5.74, 6) is 0.295. The predicted octanol–water partition coefficient (Wildman–Crippen LogP) is 1.48. The van der Waals surface area contributed by atoms with Crippen molar-refractivity contribution in [2.45, 2.75) is 45.5 Å². The van der Waals surface area contributed by atoms with Gasteiger partial charge < -0.3 is 15.4 Å². The molecule has 1 aromatic carbocycles. The van der Waals surface area contributed by atoms with E-state index in [2.05, 4.69) is 15.7 Å². The Morgan fingerprint density at radius 3 is 2.79 bits per heavy atom. The molecule has 1 amide bonds. The monoisotopic (exact) mass is 350 g/mol. The maximum absolute atomic E-state index is 12.2. The third-order valence-corrected chi connectivity index (χ3v) is 5.51. The number of carbonyl (C=O) groups excluding carboxylic acids is 1. The van der Waals surface area contributed by atoms with Crippen molar-refractivity contribution in [2.75, 3.05) is 18.8 Å². The zero-order valence-corrected chi connectivity index (χ0v) is 15.3. The van der Waals surface area contributed by atoms with Crippen molar-refractivity contribution >= 4 is 25.0 Å². The first-order valence-corrected chi connectivity index (χ1v) is 9.49. The zero-order chi connectivity index (χ0) is 17.5. The summed E-state index contributed by atoms with van der Waals surface area (Å²) in [6.45, 7) is 5.74. The molecule has 0 radical (unpaired) electrons. The molecule has 0 aliphatic carbocycles. The largest absolute Gasteiger partial charge is 0.475 e. The van der Waals surface area contributed by atoms with Gasteiger partial charge in [0.25, 0.3) is 0 Å². The van der Waals surface area contributed by atoms with Gasteiger partial charge in [0, 0.05) is 25.3 Å². The highest BCUT2D eigenvalue weighted by molar-refractivity contribution is 7.97. The van der Waals surface area contributed by atoms with Crippen LogP contribution in [0.5, 0.6) is 0 Å². The Morgan fingerprint density at radius 2 is 2.17 bits per heavy atom. The van der Waals surface area contributed by atoms with Crippen LogP contribution in [0.4, 0.5) is 0 Å². The summed E-state index contributed by atoms with van der Waals surface area (Å²) in [7, 11) is -1.57. The van der Waals surface area contributed by atoms with Gasteiger partial charge in [0.2, 0.25) is 5.91 Å². The molecule has 5 nitrogen and oxygen atoms in total. The van der Waals surface area contributed by atoms with Crippen LogP contribution in [-0.4, -0.2) is 52.2 Å². The molecule has 2 rings (SSSR count). The van der Waals surface area contributed by atoms with E-state index in [0.717, 1.165) is 23.4 Å². The summed E-state index contributed by atoms with van der Waals surface area (Å²) in [5, 5.41) is 22.0. The second-order valence-corrected chi connectivity index (χ2v) is 7.62. The lowest BCUT2D eigenvalue weighted by Crippen LogP contribution is -2.48. The van der Waals surface area contributed by atoms with Gasteiger partial charge in [-0.2, -0.15) is 0 Å². The first kappa shape index (κ1) is 19.3. The average molecular weight is 350 g/mol. The fourth-order valence-electron chi connectivity index (χ4n) is 2.87. The first-order valence-electron chi connectivity index (χ1n) is 8.55. The van der Waals surface area contributed by atoms with Crippen molar-refractivity contribution in [1.29, 1.82) is 0 Å². The summed E-state index contributed by atoms with van der Waals surface area (Å²) < 4.78 is 2.22. The lowest BCUT2D eigenvalue weighted by Gasteiger charge is -2.25. The number of benzene rings is 1. The van der Waals surface area contributed by atoms with Crippen LogP contribution in [0.3, 0.4) is 0 Å². The number of carbonyl (C=O) groups is 1. The number of nitrogens with one attached hydrogen (secondary N) is 1. The smallest absolute Gasteiger partial charge is 0.426 e. The highest BCUT2D eigenvalue weighted by atomic mass is 32.2. The van der Waals surface area contributed by atoms with E-state index in [9.17, 15) is 14.8 Å². The van der Waals surface area contributed by atoms with E-state index in [0.29, 0.717) is 19.4 Å². The standard InChI is InChI=1S/C17H27BN2O3S/c1-13-5-6-15(14(2)11-13)12-16(18(22)23)19-17(21)7-9-20-8-3-4-10-24-20/h5-6,11,16,22-23H,3-4,7-10,12H2,1-2H3,(H,19,21). The van der Waals surface area contributed by atoms with Gasteiger partial charge in [-0.15, -0.1) is 0 Å². The summed E-state index contributed by atoms with van der Waals surface area (Å²) in [6, 6.07) is 6.04. The number of nitrogens with zero attached hydrogens (tertiary/aromatic N) is 1. The van der Waals surface area contributed by atoms with Gasteiger partial charge in [-0.25, -0.2) is 0 Å². The number of rotatable bonds is 7. The highest BCUT2D eigenvalue weighted by Crippen LogP contribution is 2.19. The van der Waals surface area contributed by atoms with Gasteiger partial charge in [0.15, 0.2) is 0 Å². The summed E-state index contributed by atoms with van der Waals surface area (Å²) >= 11 is 1.79. The Balaban J connectivity index is 1.86. The number of hydrogen-bond acceptors (Lipinski definition) is 5. The minimum absolute atomic E-state index is 0.135. The molecule has 3 N–H and O–H groups in total. The summed E-state index contributed by atoms with van der Waals surface area (Å²) in [4.78, 5) is 12.2. The molecular weight excluding hydrogens is 323 g/mol. The molecule has 1 fully saturated rings. The van der Waals surface area contributed by atoms with Crippen molar-refractivity contribution in [3.05, 3.63) is 34.9 Å². The SMILES string of the molecule is Cc1ccc(CC(NC(=O)CCN2CCCCS2)B(O)O)c(C)c1. The van der Waals surface area contributed by atoms with E-state index < -0.39 is 13.1 Å². The predicted molar refractivity (Wildman–Crippen MR) is 99.6 cm³/mol. The van der Waals surface area contributed by atoms with Gasteiger partial charge in [0.05, 0.1) is 5.94 Å². The molecule has 7 heteroatoms. The number of aryl methyl sites for hydroxylation is 2. The van der Waals surface area contributed by atoms with Crippen molar-refractivity contribution in [1.82, 2.24) is 9.62 Å². The fourth-order valence-corrected chi connectivity index (χ4v) is 3.94. The Bertz CT molecular complexity index is 551. The Labute approximate surface area is 149 Å². The van der Waals surface area contributed by atoms with Gasteiger partial charge >= 0.3 is 7.12 Å². The quantitative estimate of drug-likeness (QED) is 0.513. The number of hydrogen-bond donors (Lipinski definition) is 3. The molecule has 1 heterocycles. The summed E-state index contributed by atoms with van der Waals surface area (Å²) in [6.07, 6.45) is 3.21. The van der Waals surface area contributed by atoms with E-state index in [1.807, 2.05) is 26.0 Å². The lowest BCUT2D eigenvalue weighted by molar-refractivity contribution is -0.121. The molecule has 132 valence electrons. The molecule has 1 aliphatic heterocycles. The fraction of sp³-hybridized carbons (Fsp3) is 0.588. The third-order valence-electron chi connectivity index (χ3n) is 4.31. The van der Waals surface area contributed by atoms with Gasteiger partial charge in [-0.05, 0) is 44.2 Å². The number of amides is 1. The van der Waals surface area contributed by atoms with Crippen LogP contribution in [0, 0.1) is 13.8 Å². The molecule has 0 aromatic heterocycles. The van der Waals surface area contributed by atoms with Crippen molar-refractivity contribution in [2.24, 2.45) is 0 Å². The Kier molecular flexibility index (Phi) is 7.61. The normalized spacial score (nSPS) is 16.7. The van der Waals surface area contributed by atoms with Crippen molar-refractivity contribution in [3.8, 4) is 0 Å². The van der Waals surface area contributed by atoms with Gasteiger partial charge in [-0.3, -0.25) is 9.10 Å². The third kappa shape index (κ3) is 6.13. The molecule has 1 aliphatic rings. The zero-order valence-electron chi connectivity index (χ0n) is 14.5. The molecule has 0 spiro atoms. The van der Waals surface area contributed by atoms with Crippen LogP contribution in [0.2, 0.25) is 0 Å². The van der Waals surface area contributed by atoms with Crippen LogP contribution < -0.4 is 5.32 Å².